The van der Waals surface area contributed by atoms with Crippen molar-refractivity contribution in [2.24, 2.45) is 5.92 Å². The zero-order valence-corrected chi connectivity index (χ0v) is 21.1. The van der Waals surface area contributed by atoms with Gasteiger partial charge in [-0.2, -0.15) is 0 Å². The van der Waals surface area contributed by atoms with E-state index in [1.165, 1.54) is 6.92 Å². The first kappa shape index (κ1) is 24.6. The van der Waals surface area contributed by atoms with Crippen LogP contribution >= 0.6 is 11.6 Å². The van der Waals surface area contributed by atoms with Gasteiger partial charge < -0.3 is 14.9 Å². The smallest absolute Gasteiger partial charge is 0.407 e. The molecule has 1 N–H and O–H groups in total. The second-order valence-electron chi connectivity index (χ2n) is 10.1. The Morgan fingerprint density at radius 1 is 1.00 bits per heavy atom. The van der Waals surface area contributed by atoms with Crippen molar-refractivity contribution in [2.75, 3.05) is 31.1 Å². The summed E-state index contributed by atoms with van der Waals surface area (Å²) in [6.07, 6.45) is 3.88. The molecule has 0 unspecified atom stereocenters. The molecule has 36 heavy (non-hydrogen) atoms. The fourth-order valence-corrected chi connectivity index (χ4v) is 5.73. The lowest BCUT2D eigenvalue weighted by Crippen LogP contribution is -2.46. The first-order valence-electron chi connectivity index (χ1n) is 12.6. The van der Waals surface area contributed by atoms with Crippen molar-refractivity contribution in [2.45, 2.75) is 50.6 Å². The number of pyridine rings is 1. The highest BCUT2D eigenvalue weighted by Crippen LogP contribution is 2.39. The number of rotatable bonds is 6. The number of piperidine rings is 1. The van der Waals surface area contributed by atoms with Crippen LogP contribution in [0, 0.1) is 5.92 Å². The summed E-state index contributed by atoms with van der Waals surface area (Å²) in [6.45, 7) is 3.88. The number of carbonyl (C=O) groups is 3. The van der Waals surface area contributed by atoms with Gasteiger partial charge in [-0.25, -0.2) is 9.78 Å². The molecular formula is C27H31ClN4O4. The minimum Gasteiger partial charge on any atom is -0.465 e. The second kappa shape index (κ2) is 10.1. The van der Waals surface area contributed by atoms with Crippen LogP contribution in [0.5, 0.6) is 0 Å². The van der Waals surface area contributed by atoms with Crippen LogP contribution in [0.3, 0.4) is 0 Å². The largest absolute Gasteiger partial charge is 0.465 e. The minimum atomic E-state index is -0.910. The predicted molar refractivity (Wildman–Crippen MR) is 137 cm³/mol. The molecule has 5 rings (SSSR count). The Bertz CT molecular complexity index is 1130. The molecule has 1 aliphatic carbocycles. The van der Waals surface area contributed by atoms with E-state index in [0.717, 1.165) is 24.2 Å². The summed E-state index contributed by atoms with van der Waals surface area (Å²) in [5, 5.41) is 10.6. The third-order valence-electron chi connectivity index (χ3n) is 7.74. The quantitative estimate of drug-likeness (QED) is 0.582. The summed E-state index contributed by atoms with van der Waals surface area (Å²) >= 11 is 6.09. The lowest BCUT2D eigenvalue weighted by atomic mass is 9.93. The van der Waals surface area contributed by atoms with Gasteiger partial charge in [0.1, 0.15) is 5.82 Å². The minimum absolute atomic E-state index is 0.0117. The first-order chi connectivity index (χ1) is 17.3. The van der Waals surface area contributed by atoms with E-state index in [9.17, 15) is 19.5 Å². The van der Waals surface area contributed by atoms with Crippen molar-refractivity contribution in [1.82, 2.24) is 14.8 Å². The van der Waals surface area contributed by atoms with Gasteiger partial charge in [-0.15, -0.1) is 0 Å². The fraction of sp³-hybridized carbons (Fsp3) is 0.481. The highest BCUT2D eigenvalue weighted by molar-refractivity contribution is 6.30. The normalized spacial score (nSPS) is 22.5. The Hall–Kier alpha value is -3.13. The van der Waals surface area contributed by atoms with Crippen molar-refractivity contribution in [3.05, 3.63) is 58.7 Å². The summed E-state index contributed by atoms with van der Waals surface area (Å²) in [4.78, 5) is 47.3. The van der Waals surface area contributed by atoms with Gasteiger partial charge in [-0.3, -0.25) is 14.5 Å². The van der Waals surface area contributed by atoms with Crippen molar-refractivity contribution in [3.8, 4) is 0 Å². The number of Topliss-reactive ketones (excluding diaryl/α,β-unsaturated/α-hetero) is 1. The number of benzene rings is 1. The third kappa shape index (κ3) is 5.05. The molecule has 1 aromatic carbocycles. The molecule has 2 amide bonds. The van der Waals surface area contributed by atoms with Gasteiger partial charge in [0.05, 0.1) is 6.04 Å². The zero-order chi connectivity index (χ0) is 25.4. The van der Waals surface area contributed by atoms with E-state index in [2.05, 4.69) is 9.88 Å². The van der Waals surface area contributed by atoms with Crippen LogP contribution in [0.2, 0.25) is 5.02 Å². The van der Waals surface area contributed by atoms with Crippen LogP contribution in [0.25, 0.3) is 0 Å². The van der Waals surface area contributed by atoms with Gasteiger partial charge >= 0.3 is 6.09 Å². The van der Waals surface area contributed by atoms with E-state index in [4.69, 9.17) is 11.6 Å². The zero-order valence-electron chi connectivity index (χ0n) is 20.3. The molecule has 0 spiro atoms. The average Bonchev–Trinajstić information content (AvgIpc) is 3.62. The van der Waals surface area contributed by atoms with E-state index in [-0.39, 0.29) is 35.6 Å². The van der Waals surface area contributed by atoms with Crippen LogP contribution in [0.4, 0.5) is 10.6 Å². The van der Waals surface area contributed by atoms with Gasteiger partial charge in [0.2, 0.25) is 5.91 Å². The highest BCUT2D eigenvalue weighted by atomic mass is 35.5. The van der Waals surface area contributed by atoms with Crippen LogP contribution in [0.1, 0.15) is 54.4 Å². The van der Waals surface area contributed by atoms with Gasteiger partial charge in [0.15, 0.2) is 5.78 Å². The number of amides is 2. The Morgan fingerprint density at radius 2 is 1.69 bits per heavy atom. The molecule has 2 atom stereocenters. The summed E-state index contributed by atoms with van der Waals surface area (Å²) < 4.78 is 0. The number of hydrogen-bond donors (Lipinski definition) is 1. The molecule has 0 bridgehead atoms. The fourth-order valence-electron chi connectivity index (χ4n) is 5.60. The number of hydrogen-bond acceptors (Lipinski definition) is 5. The SMILES string of the molecule is CC(=O)c1ccc(N2CCC(C(=O)N3C[C@@H](N(C(=O)O)C4CC4)[C@H](c4ccc(Cl)cc4)C3)CC2)nc1. The average molecular weight is 511 g/mol. The van der Waals surface area contributed by atoms with E-state index in [1.54, 1.807) is 17.2 Å². The summed E-state index contributed by atoms with van der Waals surface area (Å²) in [5.41, 5.74) is 1.60. The number of anilines is 1. The van der Waals surface area contributed by atoms with E-state index >= 15 is 0 Å². The Morgan fingerprint density at radius 3 is 2.25 bits per heavy atom. The molecule has 1 saturated carbocycles. The highest BCUT2D eigenvalue weighted by Gasteiger charge is 2.47. The summed E-state index contributed by atoms with van der Waals surface area (Å²) in [7, 11) is 0. The second-order valence-corrected chi connectivity index (χ2v) is 10.5. The van der Waals surface area contributed by atoms with Crippen molar-refractivity contribution in [1.29, 1.82) is 0 Å². The molecule has 3 heterocycles. The predicted octanol–water partition coefficient (Wildman–Crippen LogP) is 4.29. The Balaban J connectivity index is 1.27. The summed E-state index contributed by atoms with van der Waals surface area (Å²) in [6, 6.07) is 11.0. The number of aromatic nitrogens is 1. The lowest BCUT2D eigenvalue weighted by Gasteiger charge is -2.34. The third-order valence-corrected chi connectivity index (χ3v) is 7.99. The van der Waals surface area contributed by atoms with Crippen LogP contribution in [-0.4, -0.2) is 75.9 Å². The number of nitrogens with zero attached hydrogens (tertiary/aromatic N) is 4. The maximum atomic E-state index is 13.6. The van der Waals surface area contributed by atoms with Crippen LogP contribution < -0.4 is 4.90 Å². The van der Waals surface area contributed by atoms with Crippen molar-refractivity contribution < 1.29 is 19.5 Å². The van der Waals surface area contributed by atoms with Crippen LogP contribution in [0.15, 0.2) is 42.6 Å². The van der Waals surface area contributed by atoms with Crippen molar-refractivity contribution in [3.63, 3.8) is 0 Å². The first-order valence-corrected chi connectivity index (χ1v) is 13.0. The molecule has 2 saturated heterocycles. The van der Waals surface area contributed by atoms with Crippen LogP contribution in [-0.2, 0) is 4.79 Å². The molecule has 3 fully saturated rings. The molecule has 1 aromatic heterocycles. The molecule has 2 aliphatic heterocycles. The Kier molecular flexibility index (Phi) is 6.88. The van der Waals surface area contributed by atoms with Gasteiger partial charge in [-0.05, 0) is 62.4 Å². The maximum Gasteiger partial charge on any atom is 0.407 e. The number of carboxylic acid groups (broad SMARTS) is 1. The Labute approximate surface area is 215 Å². The maximum absolute atomic E-state index is 13.6. The molecule has 190 valence electrons. The molecule has 9 heteroatoms. The molecule has 2 aromatic rings. The van der Waals surface area contributed by atoms with Gasteiger partial charge in [-0.1, -0.05) is 23.7 Å². The standard InChI is InChI=1S/C27H31ClN4O4/c1-17(33)20-4-9-25(29-14-20)30-12-10-19(11-13-30)26(34)31-15-23(18-2-5-21(28)6-3-18)24(16-31)32(27(35)36)22-7-8-22/h2-6,9,14,19,22-24H,7-8,10-13,15-16H2,1H3,(H,35,36)/t23-,24+/m0/s1. The van der Waals surface area contributed by atoms with E-state index in [0.29, 0.717) is 49.6 Å². The van der Waals surface area contributed by atoms with Gasteiger partial charge in [0, 0.05) is 60.8 Å². The molecular weight excluding hydrogens is 480 g/mol. The van der Waals surface area contributed by atoms with E-state index < -0.39 is 6.09 Å². The number of carbonyl (C=O) groups excluding carboxylic acids is 2. The molecule has 3 aliphatic rings. The van der Waals surface area contributed by atoms with Gasteiger partial charge in [0.25, 0.3) is 0 Å². The molecule has 0 radical (unpaired) electrons. The van der Waals surface area contributed by atoms with Crippen molar-refractivity contribution >= 4 is 35.2 Å². The molecule has 8 nitrogen and oxygen atoms in total. The lowest BCUT2D eigenvalue weighted by molar-refractivity contribution is -0.135. The monoisotopic (exact) mass is 510 g/mol. The number of halogens is 1. The topological polar surface area (TPSA) is 94.1 Å². The number of likely N-dealkylation sites (tertiary alicyclic amines) is 1. The number of ketones is 1. The summed E-state index contributed by atoms with van der Waals surface area (Å²) in [5.74, 6) is 0.740. The van der Waals surface area contributed by atoms with E-state index in [1.807, 2.05) is 35.2 Å².